The Bertz CT molecular complexity index is 794. The second kappa shape index (κ2) is 9.59. The van der Waals surface area contributed by atoms with Crippen molar-refractivity contribution in [2.24, 2.45) is 0 Å². The second-order valence-corrected chi connectivity index (χ2v) is 7.87. The Morgan fingerprint density at radius 2 is 1.96 bits per heavy atom. The van der Waals surface area contributed by atoms with Crippen LogP contribution in [-0.2, 0) is 20.8 Å². The smallest absolute Gasteiger partial charge is 0.407 e. The topological polar surface area (TPSA) is 83.7 Å². The molecule has 0 aliphatic rings. The number of hydroxylamine groups is 2. The quantitative estimate of drug-likeness (QED) is 0.673. The standard InChI is InChI=1S/C21H31N3O4/c1-21(2,3)28-20(26)23-16(9-8-12-19(25)24(4)27-5)13-15-14-22-18-11-7-6-10-17(15)18/h6-7,10-11,14,16,22H,8-9,12-13H2,1-5H3,(H,23,26). The molecule has 2 rings (SSSR count). The normalized spacial score (nSPS) is 12.6. The summed E-state index contributed by atoms with van der Waals surface area (Å²) in [5.74, 6) is -0.0920. The van der Waals surface area contributed by atoms with E-state index >= 15 is 0 Å². The Morgan fingerprint density at radius 3 is 2.64 bits per heavy atom. The van der Waals surface area contributed by atoms with Crippen LogP contribution in [0.2, 0.25) is 0 Å². The maximum Gasteiger partial charge on any atom is 0.407 e. The van der Waals surface area contributed by atoms with Gasteiger partial charge in [0.1, 0.15) is 5.60 Å². The number of hydrogen-bond donors (Lipinski definition) is 2. The van der Waals surface area contributed by atoms with Crippen LogP contribution in [0.3, 0.4) is 0 Å². The molecule has 7 heteroatoms. The molecule has 0 fully saturated rings. The first-order valence-electron chi connectivity index (χ1n) is 9.55. The molecule has 7 nitrogen and oxygen atoms in total. The Hall–Kier alpha value is -2.54. The van der Waals surface area contributed by atoms with Gasteiger partial charge in [0.15, 0.2) is 0 Å². The van der Waals surface area contributed by atoms with Crippen molar-refractivity contribution in [3.63, 3.8) is 0 Å². The molecular formula is C21H31N3O4. The summed E-state index contributed by atoms with van der Waals surface area (Å²) in [5, 5.41) is 5.31. The van der Waals surface area contributed by atoms with Crippen molar-refractivity contribution >= 4 is 22.9 Å². The lowest BCUT2D eigenvalue weighted by atomic mass is 10.0. The maximum absolute atomic E-state index is 12.3. The van der Waals surface area contributed by atoms with Crippen LogP contribution in [0.5, 0.6) is 0 Å². The number of para-hydroxylation sites is 1. The lowest BCUT2D eigenvalue weighted by Crippen LogP contribution is -2.40. The number of rotatable bonds is 8. The van der Waals surface area contributed by atoms with Gasteiger partial charge < -0.3 is 15.0 Å². The zero-order chi connectivity index (χ0) is 20.7. The van der Waals surface area contributed by atoms with Gasteiger partial charge in [0.05, 0.1) is 7.11 Å². The van der Waals surface area contributed by atoms with E-state index in [9.17, 15) is 9.59 Å². The van der Waals surface area contributed by atoms with Crippen LogP contribution < -0.4 is 5.32 Å². The first-order chi connectivity index (χ1) is 13.2. The van der Waals surface area contributed by atoms with Crippen molar-refractivity contribution in [2.45, 2.75) is 58.1 Å². The Morgan fingerprint density at radius 1 is 1.25 bits per heavy atom. The third-order valence-electron chi connectivity index (χ3n) is 4.43. The summed E-state index contributed by atoms with van der Waals surface area (Å²) in [5.41, 5.74) is 1.62. The summed E-state index contributed by atoms with van der Waals surface area (Å²) < 4.78 is 5.40. The van der Waals surface area contributed by atoms with Crippen LogP contribution in [-0.4, -0.2) is 47.8 Å². The van der Waals surface area contributed by atoms with Gasteiger partial charge in [0.2, 0.25) is 5.91 Å². The molecule has 0 radical (unpaired) electrons. The molecule has 0 aliphatic carbocycles. The van der Waals surface area contributed by atoms with Crippen LogP contribution in [0, 0.1) is 0 Å². The molecular weight excluding hydrogens is 358 g/mol. The number of alkyl carbamates (subject to hydrolysis) is 1. The molecule has 0 saturated heterocycles. The number of ether oxygens (including phenoxy) is 1. The van der Waals surface area contributed by atoms with Gasteiger partial charge in [-0.15, -0.1) is 0 Å². The number of amides is 2. The van der Waals surface area contributed by atoms with Crippen molar-refractivity contribution in [1.82, 2.24) is 15.4 Å². The first-order valence-corrected chi connectivity index (χ1v) is 9.55. The molecule has 1 unspecified atom stereocenters. The van der Waals surface area contributed by atoms with Crippen LogP contribution in [0.1, 0.15) is 45.6 Å². The lowest BCUT2D eigenvalue weighted by molar-refractivity contribution is -0.168. The van der Waals surface area contributed by atoms with Gasteiger partial charge in [-0.1, -0.05) is 18.2 Å². The molecule has 154 valence electrons. The highest BCUT2D eigenvalue weighted by molar-refractivity contribution is 5.83. The van der Waals surface area contributed by atoms with E-state index in [0.29, 0.717) is 25.7 Å². The summed E-state index contributed by atoms with van der Waals surface area (Å²) in [6.45, 7) is 5.50. The molecule has 0 saturated carbocycles. The third kappa shape index (κ3) is 6.56. The highest BCUT2D eigenvalue weighted by Crippen LogP contribution is 2.21. The number of H-pyrrole nitrogens is 1. The van der Waals surface area contributed by atoms with Crippen molar-refractivity contribution in [1.29, 1.82) is 0 Å². The zero-order valence-corrected chi connectivity index (χ0v) is 17.4. The van der Waals surface area contributed by atoms with Gasteiger partial charge in [-0.25, -0.2) is 9.86 Å². The summed E-state index contributed by atoms with van der Waals surface area (Å²) in [4.78, 5) is 32.4. The summed E-state index contributed by atoms with van der Waals surface area (Å²) >= 11 is 0. The summed E-state index contributed by atoms with van der Waals surface area (Å²) in [7, 11) is 3.05. The molecule has 2 N–H and O–H groups in total. The molecule has 1 aromatic heterocycles. The van der Waals surface area contributed by atoms with E-state index in [1.165, 1.54) is 12.2 Å². The molecule has 0 spiro atoms. The SMILES string of the molecule is CON(C)C(=O)CCCC(Cc1c[nH]c2ccccc12)NC(=O)OC(C)(C)C. The van der Waals surface area contributed by atoms with Crippen molar-refractivity contribution in [2.75, 3.05) is 14.2 Å². The lowest BCUT2D eigenvalue weighted by Gasteiger charge is -2.24. The van der Waals surface area contributed by atoms with E-state index in [0.717, 1.165) is 16.5 Å². The fourth-order valence-corrected chi connectivity index (χ4v) is 3.02. The van der Waals surface area contributed by atoms with Crippen LogP contribution in [0.4, 0.5) is 4.79 Å². The zero-order valence-electron chi connectivity index (χ0n) is 17.4. The van der Waals surface area contributed by atoms with Gasteiger partial charge in [-0.3, -0.25) is 9.63 Å². The minimum absolute atomic E-state index is 0.0920. The maximum atomic E-state index is 12.3. The largest absolute Gasteiger partial charge is 0.444 e. The van der Waals surface area contributed by atoms with Gasteiger partial charge in [-0.05, 0) is 51.7 Å². The van der Waals surface area contributed by atoms with E-state index in [-0.39, 0.29) is 11.9 Å². The molecule has 1 heterocycles. The molecule has 1 atom stereocenters. The highest BCUT2D eigenvalue weighted by atomic mass is 16.7. The number of fused-ring (bicyclic) bond motifs is 1. The van der Waals surface area contributed by atoms with Crippen molar-refractivity contribution in [3.05, 3.63) is 36.0 Å². The average molecular weight is 389 g/mol. The Labute approximate surface area is 166 Å². The molecule has 2 amide bonds. The molecule has 0 aliphatic heterocycles. The predicted molar refractivity (Wildman–Crippen MR) is 109 cm³/mol. The van der Waals surface area contributed by atoms with Gasteiger partial charge in [0, 0.05) is 36.6 Å². The van der Waals surface area contributed by atoms with Gasteiger partial charge in [0.25, 0.3) is 0 Å². The monoisotopic (exact) mass is 389 g/mol. The minimum atomic E-state index is -0.563. The Balaban J connectivity index is 2.05. The fraction of sp³-hybridized carbons (Fsp3) is 0.524. The number of carbonyl (C=O) groups excluding carboxylic acids is 2. The fourth-order valence-electron chi connectivity index (χ4n) is 3.02. The van der Waals surface area contributed by atoms with Crippen LogP contribution in [0.15, 0.2) is 30.5 Å². The van der Waals surface area contributed by atoms with E-state index in [1.807, 2.05) is 45.2 Å². The minimum Gasteiger partial charge on any atom is -0.444 e. The van der Waals surface area contributed by atoms with E-state index in [4.69, 9.17) is 9.57 Å². The van der Waals surface area contributed by atoms with E-state index in [1.54, 1.807) is 7.05 Å². The number of aromatic amines is 1. The second-order valence-electron chi connectivity index (χ2n) is 7.87. The summed E-state index contributed by atoms with van der Waals surface area (Å²) in [6, 6.07) is 7.92. The third-order valence-corrected chi connectivity index (χ3v) is 4.43. The average Bonchev–Trinajstić information content (AvgIpc) is 3.02. The molecule has 2 aromatic rings. The van der Waals surface area contributed by atoms with Gasteiger partial charge in [-0.2, -0.15) is 0 Å². The first kappa shape index (κ1) is 21.8. The van der Waals surface area contributed by atoms with Gasteiger partial charge >= 0.3 is 6.09 Å². The number of aromatic nitrogens is 1. The van der Waals surface area contributed by atoms with E-state index < -0.39 is 11.7 Å². The van der Waals surface area contributed by atoms with Crippen LogP contribution >= 0.6 is 0 Å². The molecule has 0 bridgehead atoms. The number of nitrogens with one attached hydrogen (secondary N) is 2. The van der Waals surface area contributed by atoms with E-state index in [2.05, 4.69) is 16.4 Å². The van der Waals surface area contributed by atoms with Crippen molar-refractivity contribution < 1.29 is 19.2 Å². The number of hydrogen-bond acceptors (Lipinski definition) is 4. The number of carbonyl (C=O) groups is 2. The molecule has 1 aromatic carbocycles. The number of nitrogens with zero attached hydrogens (tertiary/aromatic N) is 1. The highest BCUT2D eigenvalue weighted by Gasteiger charge is 2.21. The summed E-state index contributed by atoms with van der Waals surface area (Å²) in [6.07, 6.45) is 3.82. The predicted octanol–water partition coefficient (Wildman–Crippen LogP) is 3.79. The Kier molecular flexibility index (Phi) is 7.45. The molecule has 28 heavy (non-hydrogen) atoms. The van der Waals surface area contributed by atoms with Crippen LogP contribution in [0.25, 0.3) is 10.9 Å². The van der Waals surface area contributed by atoms with Crippen molar-refractivity contribution in [3.8, 4) is 0 Å². The number of benzene rings is 1.